The van der Waals surface area contributed by atoms with Gasteiger partial charge in [-0.15, -0.1) is 0 Å². The van der Waals surface area contributed by atoms with E-state index in [1.54, 1.807) is 0 Å². The molecule has 1 atom stereocenters. The predicted molar refractivity (Wildman–Crippen MR) is 95.1 cm³/mol. The summed E-state index contributed by atoms with van der Waals surface area (Å²) in [6.45, 7) is 4.49. The minimum atomic E-state index is 0.0370. The van der Waals surface area contributed by atoms with Crippen molar-refractivity contribution in [2.24, 2.45) is 5.92 Å². The van der Waals surface area contributed by atoms with Crippen LogP contribution in [0.15, 0.2) is 29.0 Å². The highest BCUT2D eigenvalue weighted by Crippen LogP contribution is 2.30. The van der Waals surface area contributed by atoms with Crippen molar-refractivity contribution in [3.63, 3.8) is 0 Å². The van der Waals surface area contributed by atoms with Crippen LogP contribution < -0.4 is 0 Å². The van der Waals surface area contributed by atoms with Crippen molar-refractivity contribution in [1.29, 1.82) is 0 Å². The van der Waals surface area contributed by atoms with Crippen LogP contribution in [0.4, 0.5) is 0 Å². The molecular weight excluding hydrogens is 314 g/mol. The second-order valence-corrected chi connectivity index (χ2v) is 7.43. The average Bonchev–Trinajstić information content (AvgIpc) is 3.31. The molecule has 6 heteroatoms. The van der Waals surface area contributed by atoms with E-state index in [9.17, 15) is 0 Å². The molecule has 2 aliphatic rings. The second kappa shape index (κ2) is 7.62. The first kappa shape index (κ1) is 16.7. The van der Waals surface area contributed by atoms with Crippen LogP contribution in [0.1, 0.15) is 49.0 Å². The van der Waals surface area contributed by atoms with Crippen LogP contribution in [0.2, 0.25) is 0 Å². The summed E-state index contributed by atoms with van der Waals surface area (Å²) in [7, 11) is 2.19. The summed E-state index contributed by atoms with van der Waals surface area (Å²) in [6.07, 6.45) is 9.56. The summed E-state index contributed by atoms with van der Waals surface area (Å²) in [6, 6.07) is 4.13. The van der Waals surface area contributed by atoms with Crippen LogP contribution in [0.3, 0.4) is 0 Å². The number of hydrogen-bond donors (Lipinski definition) is 0. The van der Waals surface area contributed by atoms with Gasteiger partial charge in [-0.1, -0.05) is 11.2 Å². The maximum Gasteiger partial charge on any atom is 0.248 e. The Morgan fingerprint density at radius 2 is 2.00 bits per heavy atom. The van der Waals surface area contributed by atoms with Crippen LogP contribution >= 0.6 is 0 Å². The maximum atomic E-state index is 5.72. The van der Waals surface area contributed by atoms with Gasteiger partial charge in [-0.3, -0.25) is 9.88 Å². The minimum absolute atomic E-state index is 0.0370. The lowest BCUT2D eigenvalue weighted by Crippen LogP contribution is -2.31. The van der Waals surface area contributed by atoms with Gasteiger partial charge in [-0.25, -0.2) is 0 Å². The number of likely N-dealkylation sites (tertiary alicyclic amines) is 2. The molecule has 0 amide bonds. The Hall–Kier alpha value is -1.79. The highest BCUT2D eigenvalue weighted by Gasteiger charge is 2.30. The van der Waals surface area contributed by atoms with E-state index < -0.39 is 0 Å². The molecule has 2 fully saturated rings. The number of rotatable bonds is 5. The molecule has 0 bridgehead atoms. The Balaban J connectivity index is 1.51. The fourth-order valence-corrected chi connectivity index (χ4v) is 4.03. The summed E-state index contributed by atoms with van der Waals surface area (Å²) in [5.41, 5.74) is 1.14. The molecule has 2 aromatic heterocycles. The standard InChI is InChI=1S/C19H27N5O/c1-23-11-6-15(7-12-23)13-17-21-19(25-22-17)18(24-9-2-3-10-24)16-5-4-8-20-14-16/h4-5,8,14-15,18H,2-3,6-7,9-13H2,1H3. The van der Waals surface area contributed by atoms with E-state index in [4.69, 9.17) is 9.51 Å². The van der Waals surface area contributed by atoms with Crippen molar-refractivity contribution >= 4 is 0 Å². The molecule has 0 radical (unpaired) electrons. The van der Waals surface area contributed by atoms with E-state index in [0.29, 0.717) is 5.92 Å². The van der Waals surface area contributed by atoms with Crippen LogP contribution in [0, 0.1) is 5.92 Å². The van der Waals surface area contributed by atoms with Crippen LogP contribution in [0.25, 0.3) is 0 Å². The minimum Gasteiger partial charge on any atom is -0.337 e. The maximum absolute atomic E-state index is 5.72. The molecule has 0 aliphatic carbocycles. The van der Waals surface area contributed by atoms with Crippen molar-refractivity contribution < 1.29 is 4.52 Å². The molecule has 4 rings (SSSR count). The summed E-state index contributed by atoms with van der Waals surface area (Å²) >= 11 is 0. The van der Waals surface area contributed by atoms with E-state index in [-0.39, 0.29) is 6.04 Å². The lowest BCUT2D eigenvalue weighted by molar-refractivity contribution is 0.215. The zero-order valence-corrected chi connectivity index (χ0v) is 15.0. The van der Waals surface area contributed by atoms with Gasteiger partial charge in [0, 0.05) is 18.8 Å². The third kappa shape index (κ3) is 3.90. The number of pyridine rings is 1. The first-order valence-corrected chi connectivity index (χ1v) is 9.44. The molecule has 0 N–H and O–H groups in total. The predicted octanol–water partition coefficient (Wildman–Crippen LogP) is 2.53. The summed E-state index contributed by atoms with van der Waals surface area (Å²) in [4.78, 5) is 13.9. The number of hydrogen-bond acceptors (Lipinski definition) is 6. The number of piperidine rings is 1. The molecule has 2 aromatic rings. The fraction of sp³-hybridized carbons (Fsp3) is 0.632. The van der Waals surface area contributed by atoms with Gasteiger partial charge in [0.15, 0.2) is 5.82 Å². The van der Waals surface area contributed by atoms with Gasteiger partial charge in [0.1, 0.15) is 6.04 Å². The zero-order chi connectivity index (χ0) is 17.1. The Morgan fingerprint density at radius 3 is 2.72 bits per heavy atom. The third-order valence-corrected chi connectivity index (χ3v) is 5.53. The largest absolute Gasteiger partial charge is 0.337 e. The van der Waals surface area contributed by atoms with Crippen LogP contribution in [-0.4, -0.2) is 58.2 Å². The van der Waals surface area contributed by atoms with Crippen molar-refractivity contribution in [2.45, 2.75) is 38.1 Å². The summed E-state index contributed by atoms with van der Waals surface area (Å²) in [5.74, 6) is 2.25. The lowest BCUT2D eigenvalue weighted by atomic mass is 9.93. The van der Waals surface area contributed by atoms with Gasteiger partial charge in [0.2, 0.25) is 5.89 Å². The highest BCUT2D eigenvalue weighted by molar-refractivity contribution is 5.21. The summed E-state index contributed by atoms with van der Waals surface area (Å²) in [5, 5.41) is 4.30. The molecule has 134 valence electrons. The van der Waals surface area contributed by atoms with Gasteiger partial charge in [0.05, 0.1) is 0 Å². The molecule has 25 heavy (non-hydrogen) atoms. The third-order valence-electron chi connectivity index (χ3n) is 5.53. The SMILES string of the molecule is CN1CCC(Cc2noc(C(c3cccnc3)N3CCCC3)n2)CC1. The van der Waals surface area contributed by atoms with E-state index in [1.165, 1.54) is 38.8 Å². The van der Waals surface area contributed by atoms with Crippen molar-refractivity contribution in [3.8, 4) is 0 Å². The van der Waals surface area contributed by atoms with Crippen molar-refractivity contribution in [2.75, 3.05) is 33.2 Å². The van der Waals surface area contributed by atoms with E-state index in [1.807, 2.05) is 18.5 Å². The lowest BCUT2D eigenvalue weighted by Gasteiger charge is -2.28. The fourth-order valence-electron chi connectivity index (χ4n) is 4.03. The molecular formula is C19H27N5O. The number of aromatic nitrogens is 3. The van der Waals surface area contributed by atoms with Gasteiger partial charge in [0.25, 0.3) is 0 Å². The molecule has 0 spiro atoms. The first-order valence-electron chi connectivity index (χ1n) is 9.44. The van der Waals surface area contributed by atoms with E-state index in [0.717, 1.165) is 36.8 Å². The molecule has 1 unspecified atom stereocenters. The molecule has 6 nitrogen and oxygen atoms in total. The Morgan fingerprint density at radius 1 is 1.20 bits per heavy atom. The average molecular weight is 341 g/mol. The van der Waals surface area contributed by atoms with Gasteiger partial charge < -0.3 is 9.42 Å². The summed E-state index contributed by atoms with van der Waals surface area (Å²) < 4.78 is 5.72. The molecule has 0 saturated carbocycles. The molecule has 2 aliphatic heterocycles. The highest BCUT2D eigenvalue weighted by atomic mass is 16.5. The number of nitrogens with zero attached hydrogens (tertiary/aromatic N) is 5. The van der Waals surface area contributed by atoms with E-state index in [2.05, 4.69) is 33.1 Å². The van der Waals surface area contributed by atoms with Crippen molar-refractivity contribution in [1.82, 2.24) is 24.9 Å². The molecule has 4 heterocycles. The zero-order valence-electron chi connectivity index (χ0n) is 15.0. The normalized spacial score (nSPS) is 21.6. The van der Waals surface area contributed by atoms with Gasteiger partial charge >= 0.3 is 0 Å². The van der Waals surface area contributed by atoms with Gasteiger partial charge in [-0.05, 0) is 76.5 Å². The Labute approximate surface area is 149 Å². The molecule has 2 saturated heterocycles. The quantitative estimate of drug-likeness (QED) is 0.833. The smallest absolute Gasteiger partial charge is 0.248 e. The van der Waals surface area contributed by atoms with Crippen LogP contribution in [-0.2, 0) is 6.42 Å². The van der Waals surface area contributed by atoms with Crippen molar-refractivity contribution in [3.05, 3.63) is 41.8 Å². The topological polar surface area (TPSA) is 58.3 Å². The van der Waals surface area contributed by atoms with E-state index >= 15 is 0 Å². The molecule has 0 aromatic carbocycles. The Bertz CT molecular complexity index is 659. The Kier molecular flexibility index (Phi) is 5.08. The monoisotopic (exact) mass is 341 g/mol. The van der Waals surface area contributed by atoms with Gasteiger partial charge in [-0.2, -0.15) is 4.98 Å². The first-order chi connectivity index (χ1) is 12.3. The van der Waals surface area contributed by atoms with Crippen LogP contribution in [0.5, 0.6) is 0 Å². The second-order valence-electron chi connectivity index (χ2n) is 7.43.